The summed E-state index contributed by atoms with van der Waals surface area (Å²) >= 11 is 0. The molecule has 0 bridgehead atoms. The van der Waals surface area contributed by atoms with E-state index in [1.54, 1.807) is 50.2 Å². The zero-order valence-electron chi connectivity index (χ0n) is 20.5. The topological polar surface area (TPSA) is 114 Å². The molecule has 2 rings (SSSR count). The molecule has 0 fully saturated rings. The third-order valence-corrected chi connectivity index (χ3v) is 5.05. The van der Waals surface area contributed by atoms with Crippen LogP contribution < -0.4 is 16.0 Å². The van der Waals surface area contributed by atoms with Crippen LogP contribution in [0.2, 0.25) is 0 Å². The summed E-state index contributed by atoms with van der Waals surface area (Å²) in [6, 6.07) is 12.9. The molecule has 182 valence electrons. The number of esters is 1. The minimum Gasteiger partial charge on any atom is -0.454 e. The number of rotatable bonds is 8. The lowest BCUT2D eigenvalue weighted by molar-refractivity contribution is -0.150. The number of anilines is 2. The molecule has 3 N–H and O–H groups in total. The van der Waals surface area contributed by atoms with E-state index < -0.39 is 24.5 Å². The maximum absolute atomic E-state index is 12.7. The highest BCUT2D eigenvalue weighted by Gasteiger charge is 2.27. The number of hydrogen-bond donors (Lipinski definition) is 3. The van der Waals surface area contributed by atoms with E-state index in [4.69, 9.17) is 4.74 Å². The average Bonchev–Trinajstić information content (AvgIpc) is 2.76. The largest absolute Gasteiger partial charge is 0.454 e. The summed E-state index contributed by atoms with van der Waals surface area (Å²) in [6.07, 6.45) is 0. The average molecular weight is 468 g/mol. The van der Waals surface area contributed by atoms with E-state index in [9.17, 15) is 19.2 Å². The minimum atomic E-state index is -0.903. The van der Waals surface area contributed by atoms with Crippen molar-refractivity contribution in [3.05, 3.63) is 59.7 Å². The maximum atomic E-state index is 12.7. The summed E-state index contributed by atoms with van der Waals surface area (Å²) < 4.78 is 5.15. The Morgan fingerprint density at radius 2 is 1.38 bits per heavy atom. The molecule has 3 amide bonds. The van der Waals surface area contributed by atoms with E-state index in [0.29, 0.717) is 16.9 Å². The first-order valence-corrected chi connectivity index (χ1v) is 11.1. The van der Waals surface area contributed by atoms with Gasteiger partial charge < -0.3 is 20.7 Å². The van der Waals surface area contributed by atoms with Gasteiger partial charge in [-0.1, -0.05) is 46.8 Å². The summed E-state index contributed by atoms with van der Waals surface area (Å²) in [5, 5.41) is 7.95. The summed E-state index contributed by atoms with van der Waals surface area (Å²) in [5.41, 5.74) is 2.59. The first-order chi connectivity index (χ1) is 15.9. The lowest BCUT2D eigenvalue weighted by Crippen LogP contribution is -2.46. The normalized spacial score (nSPS) is 12.0. The third kappa shape index (κ3) is 8.03. The highest BCUT2D eigenvalue weighted by molar-refractivity contribution is 5.98. The molecular weight excluding hydrogens is 434 g/mol. The predicted molar refractivity (Wildman–Crippen MR) is 132 cm³/mol. The zero-order valence-corrected chi connectivity index (χ0v) is 20.5. The molecule has 2 aromatic carbocycles. The van der Waals surface area contributed by atoms with Gasteiger partial charge in [-0.05, 0) is 53.3 Å². The quantitative estimate of drug-likeness (QED) is 0.510. The Kier molecular flexibility index (Phi) is 8.95. The number of nitrogens with one attached hydrogen (secondary N) is 3. The van der Waals surface area contributed by atoms with Gasteiger partial charge in [0.1, 0.15) is 6.04 Å². The molecule has 0 unspecified atom stereocenters. The summed E-state index contributed by atoms with van der Waals surface area (Å²) in [7, 11) is 0. The van der Waals surface area contributed by atoms with Crippen LogP contribution >= 0.6 is 0 Å². The van der Waals surface area contributed by atoms with Crippen molar-refractivity contribution in [3.63, 3.8) is 0 Å². The van der Waals surface area contributed by atoms with E-state index in [1.165, 1.54) is 6.92 Å². The lowest BCUT2D eigenvalue weighted by atomic mass is 9.86. The molecule has 0 saturated heterocycles. The van der Waals surface area contributed by atoms with Crippen molar-refractivity contribution >= 4 is 35.1 Å². The van der Waals surface area contributed by atoms with Gasteiger partial charge in [0, 0.05) is 23.9 Å². The molecule has 2 aromatic rings. The molecule has 0 radical (unpaired) electrons. The van der Waals surface area contributed by atoms with Crippen LogP contribution in [0.25, 0.3) is 0 Å². The highest BCUT2D eigenvalue weighted by Crippen LogP contribution is 2.22. The number of amides is 3. The lowest BCUT2D eigenvalue weighted by Gasteiger charge is -2.22. The van der Waals surface area contributed by atoms with E-state index in [2.05, 4.69) is 36.7 Å². The van der Waals surface area contributed by atoms with Gasteiger partial charge in [-0.3, -0.25) is 14.4 Å². The molecule has 1 atom stereocenters. The molecule has 0 spiro atoms. The van der Waals surface area contributed by atoms with Gasteiger partial charge in [-0.2, -0.15) is 0 Å². The van der Waals surface area contributed by atoms with Gasteiger partial charge in [0.2, 0.25) is 5.91 Å². The van der Waals surface area contributed by atoms with Gasteiger partial charge in [-0.25, -0.2) is 4.79 Å². The SMILES string of the molecule is CC(=O)Nc1ccc(NC(=O)COC(=O)[C@@H](NC(=O)c2ccc(C(C)(C)C)cc2)C(C)C)cc1. The Labute approximate surface area is 200 Å². The van der Waals surface area contributed by atoms with Crippen molar-refractivity contribution in [1.82, 2.24) is 5.32 Å². The van der Waals surface area contributed by atoms with Crippen LogP contribution in [0.5, 0.6) is 0 Å². The Morgan fingerprint density at radius 1 is 0.853 bits per heavy atom. The van der Waals surface area contributed by atoms with Gasteiger partial charge in [-0.15, -0.1) is 0 Å². The maximum Gasteiger partial charge on any atom is 0.329 e. The number of carbonyl (C=O) groups is 4. The highest BCUT2D eigenvalue weighted by atomic mass is 16.5. The van der Waals surface area contributed by atoms with Crippen LogP contribution in [0.1, 0.15) is 57.5 Å². The number of hydrogen-bond acceptors (Lipinski definition) is 5. The second-order valence-electron chi connectivity index (χ2n) is 9.44. The van der Waals surface area contributed by atoms with Crippen LogP contribution in [-0.4, -0.2) is 36.3 Å². The Hall–Kier alpha value is -3.68. The molecule has 0 aliphatic rings. The van der Waals surface area contributed by atoms with Gasteiger partial charge in [0.15, 0.2) is 6.61 Å². The fourth-order valence-electron chi connectivity index (χ4n) is 3.11. The van der Waals surface area contributed by atoms with E-state index in [-0.39, 0.29) is 23.1 Å². The molecule has 0 heterocycles. The fourth-order valence-corrected chi connectivity index (χ4v) is 3.11. The number of ether oxygens (including phenoxy) is 1. The van der Waals surface area contributed by atoms with Crippen molar-refractivity contribution in [2.45, 2.75) is 53.0 Å². The standard InChI is InChI=1S/C26H33N3O5/c1-16(2)23(29-24(32)18-7-9-19(10-8-18)26(4,5)6)25(33)34-15-22(31)28-21-13-11-20(12-14-21)27-17(3)30/h7-14,16,23H,15H2,1-6H3,(H,27,30)(H,28,31)(H,29,32)/t23-/m0/s1. The van der Waals surface area contributed by atoms with E-state index in [1.807, 2.05) is 12.1 Å². The molecule has 8 heteroatoms. The Balaban J connectivity index is 1.92. The minimum absolute atomic E-state index is 0.0344. The third-order valence-electron chi connectivity index (χ3n) is 5.05. The summed E-state index contributed by atoms with van der Waals surface area (Å²) in [4.78, 5) is 48.5. The first-order valence-electron chi connectivity index (χ1n) is 11.1. The van der Waals surface area contributed by atoms with Gasteiger partial charge >= 0.3 is 5.97 Å². The van der Waals surface area contributed by atoms with Crippen molar-refractivity contribution < 1.29 is 23.9 Å². The van der Waals surface area contributed by atoms with E-state index >= 15 is 0 Å². The van der Waals surface area contributed by atoms with E-state index in [0.717, 1.165) is 5.56 Å². The molecular formula is C26H33N3O5. The van der Waals surface area contributed by atoms with Crippen molar-refractivity contribution in [2.24, 2.45) is 5.92 Å². The Morgan fingerprint density at radius 3 is 1.85 bits per heavy atom. The van der Waals surface area contributed by atoms with Crippen molar-refractivity contribution in [1.29, 1.82) is 0 Å². The summed E-state index contributed by atoms with van der Waals surface area (Å²) in [5.74, 6) is -2.04. The van der Waals surface area contributed by atoms with Crippen LogP contribution in [0.15, 0.2) is 48.5 Å². The van der Waals surface area contributed by atoms with Gasteiger partial charge in [0.25, 0.3) is 11.8 Å². The van der Waals surface area contributed by atoms with Crippen molar-refractivity contribution in [2.75, 3.05) is 17.2 Å². The molecule has 0 aliphatic heterocycles. The number of carbonyl (C=O) groups excluding carboxylic acids is 4. The van der Waals surface area contributed by atoms with Gasteiger partial charge in [0.05, 0.1) is 0 Å². The number of benzene rings is 2. The summed E-state index contributed by atoms with van der Waals surface area (Å²) in [6.45, 7) is 10.7. The molecule has 0 aromatic heterocycles. The first kappa shape index (κ1) is 26.6. The molecule has 34 heavy (non-hydrogen) atoms. The molecule has 8 nitrogen and oxygen atoms in total. The molecule has 0 aliphatic carbocycles. The second kappa shape index (κ2) is 11.4. The fraction of sp³-hybridized carbons (Fsp3) is 0.385. The Bertz CT molecular complexity index is 1020. The predicted octanol–water partition coefficient (Wildman–Crippen LogP) is 3.88. The van der Waals surface area contributed by atoms with Crippen LogP contribution in [-0.2, 0) is 24.5 Å². The van der Waals surface area contributed by atoms with Crippen LogP contribution in [0.3, 0.4) is 0 Å². The van der Waals surface area contributed by atoms with Crippen LogP contribution in [0.4, 0.5) is 11.4 Å². The zero-order chi connectivity index (χ0) is 25.5. The van der Waals surface area contributed by atoms with Crippen molar-refractivity contribution in [3.8, 4) is 0 Å². The smallest absolute Gasteiger partial charge is 0.329 e. The molecule has 0 saturated carbocycles. The van der Waals surface area contributed by atoms with Crippen LogP contribution in [0, 0.1) is 5.92 Å². The monoisotopic (exact) mass is 467 g/mol. The second-order valence-corrected chi connectivity index (χ2v) is 9.44.